The Morgan fingerprint density at radius 3 is 1.89 bits per heavy atom. The molecule has 0 N–H and O–H groups in total. The lowest BCUT2D eigenvalue weighted by atomic mass is 9.81. The minimum atomic E-state index is -0.00930. The van der Waals surface area contributed by atoms with E-state index in [1.54, 1.807) is 0 Å². The monoisotopic (exact) mass is 485 g/mol. The first-order chi connectivity index (χ1) is 18.5. The van der Waals surface area contributed by atoms with Gasteiger partial charge in [0.15, 0.2) is 0 Å². The fraction of sp³-hybridized carbons (Fsp3) is 0.108. The fourth-order valence-corrected chi connectivity index (χ4v) is 6.50. The number of hydrogen-bond acceptors (Lipinski definition) is 1. The second kappa shape index (κ2) is 8.17. The molecule has 0 radical (unpaired) electrons. The molecule has 0 unspecified atom stereocenters. The summed E-state index contributed by atoms with van der Waals surface area (Å²) in [5, 5.41) is 14.3. The molecule has 6 aromatic rings. The van der Waals surface area contributed by atoms with Gasteiger partial charge in [-0.3, -0.25) is 0 Å². The lowest BCUT2D eigenvalue weighted by molar-refractivity contribution is 0.660. The summed E-state index contributed by atoms with van der Waals surface area (Å²) in [5.74, 6) is 0. The Balaban J connectivity index is 1.58. The van der Waals surface area contributed by atoms with Gasteiger partial charge in [0.1, 0.15) is 0 Å². The summed E-state index contributed by atoms with van der Waals surface area (Å²) in [6.45, 7) is 6.83. The summed E-state index contributed by atoms with van der Waals surface area (Å²) in [7, 11) is 0. The first-order valence-electron chi connectivity index (χ1n) is 13.2. The topological polar surface area (TPSA) is 23.8 Å². The minimum Gasteiger partial charge on any atom is -0.192 e. The summed E-state index contributed by atoms with van der Waals surface area (Å²) in [4.78, 5) is 0. The highest BCUT2D eigenvalue weighted by atomic mass is 14.4. The fourth-order valence-electron chi connectivity index (χ4n) is 6.50. The molecule has 0 amide bonds. The van der Waals surface area contributed by atoms with E-state index in [9.17, 15) is 5.26 Å². The van der Waals surface area contributed by atoms with Crippen molar-refractivity contribution >= 4 is 21.5 Å². The predicted octanol–water partition coefficient (Wildman–Crippen LogP) is 9.81. The maximum Gasteiger partial charge on any atom is 0.0991 e. The van der Waals surface area contributed by atoms with E-state index in [0.29, 0.717) is 5.56 Å². The van der Waals surface area contributed by atoms with Gasteiger partial charge >= 0.3 is 0 Å². The summed E-state index contributed by atoms with van der Waals surface area (Å²) in [5.41, 5.74) is 12.2. The van der Waals surface area contributed by atoms with Crippen molar-refractivity contribution in [3.63, 3.8) is 0 Å². The molecule has 6 aromatic carbocycles. The van der Waals surface area contributed by atoms with Crippen LogP contribution >= 0.6 is 0 Å². The Bertz CT molecular complexity index is 1950. The molecular weight excluding hydrogens is 458 g/mol. The number of fused-ring (bicyclic) bond motifs is 5. The molecule has 1 aliphatic rings. The predicted molar refractivity (Wildman–Crippen MR) is 159 cm³/mol. The molecule has 1 heteroatoms. The number of aryl methyl sites for hydroxylation is 1. The molecular formula is C37H27N. The van der Waals surface area contributed by atoms with Gasteiger partial charge in [-0.25, -0.2) is 0 Å². The van der Waals surface area contributed by atoms with Crippen LogP contribution in [0.4, 0.5) is 0 Å². The van der Waals surface area contributed by atoms with E-state index >= 15 is 0 Å². The van der Waals surface area contributed by atoms with Crippen LogP contribution in [0, 0.1) is 18.3 Å². The van der Waals surface area contributed by atoms with Crippen molar-refractivity contribution in [2.75, 3.05) is 0 Å². The molecule has 0 bridgehead atoms. The maximum absolute atomic E-state index is 9.35. The molecule has 180 valence electrons. The van der Waals surface area contributed by atoms with Crippen LogP contribution in [-0.2, 0) is 5.41 Å². The van der Waals surface area contributed by atoms with Crippen LogP contribution in [0.2, 0.25) is 0 Å². The molecule has 1 nitrogen and oxygen atoms in total. The standard InChI is InChI=1S/C37H27N/c1-23-12-18-30-32(20-23)36(26-17-19-34-31(21-26)27-8-6-7-11-33(27)37(34,2)3)29-10-5-4-9-28(29)35(30)25-15-13-24(22-38)14-16-25/h4-21H,1-3H3. The van der Waals surface area contributed by atoms with Crippen molar-refractivity contribution in [1.82, 2.24) is 0 Å². The summed E-state index contributed by atoms with van der Waals surface area (Å²) >= 11 is 0. The number of nitriles is 1. The van der Waals surface area contributed by atoms with E-state index in [2.05, 4.69) is 124 Å². The van der Waals surface area contributed by atoms with Crippen LogP contribution in [0.1, 0.15) is 36.1 Å². The van der Waals surface area contributed by atoms with Crippen LogP contribution in [0.3, 0.4) is 0 Å². The highest BCUT2D eigenvalue weighted by Gasteiger charge is 2.35. The first-order valence-corrected chi connectivity index (χ1v) is 13.2. The zero-order valence-electron chi connectivity index (χ0n) is 21.8. The normalized spacial score (nSPS) is 13.3. The number of nitrogens with zero attached hydrogens (tertiary/aromatic N) is 1. The largest absolute Gasteiger partial charge is 0.192 e. The lowest BCUT2D eigenvalue weighted by Gasteiger charge is -2.22. The third-order valence-electron chi connectivity index (χ3n) is 8.35. The van der Waals surface area contributed by atoms with Gasteiger partial charge < -0.3 is 0 Å². The van der Waals surface area contributed by atoms with Crippen LogP contribution < -0.4 is 0 Å². The van der Waals surface area contributed by atoms with E-state index in [1.165, 1.54) is 66.1 Å². The zero-order chi connectivity index (χ0) is 26.0. The Labute approximate surface area is 223 Å². The Kier molecular flexibility index (Phi) is 4.84. The molecule has 0 aromatic heterocycles. The maximum atomic E-state index is 9.35. The van der Waals surface area contributed by atoms with Gasteiger partial charge in [0.05, 0.1) is 11.6 Å². The molecule has 0 atom stereocenters. The van der Waals surface area contributed by atoms with Crippen LogP contribution in [0.5, 0.6) is 0 Å². The Morgan fingerprint density at radius 2 is 1.16 bits per heavy atom. The van der Waals surface area contributed by atoms with E-state index in [1.807, 2.05) is 12.1 Å². The van der Waals surface area contributed by atoms with Crippen molar-refractivity contribution in [3.05, 3.63) is 131 Å². The number of rotatable bonds is 2. The molecule has 1 aliphatic carbocycles. The molecule has 0 fully saturated rings. The molecule has 0 saturated carbocycles. The smallest absolute Gasteiger partial charge is 0.0991 e. The molecule has 7 rings (SSSR count). The van der Waals surface area contributed by atoms with E-state index in [0.717, 1.165) is 5.56 Å². The molecule has 0 saturated heterocycles. The van der Waals surface area contributed by atoms with Crippen molar-refractivity contribution < 1.29 is 0 Å². The molecule has 0 spiro atoms. The van der Waals surface area contributed by atoms with Crippen LogP contribution in [0.25, 0.3) is 54.9 Å². The molecule has 0 heterocycles. The summed E-state index contributed by atoms with van der Waals surface area (Å²) in [6.07, 6.45) is 0. The average Bonchev–Trinajstić information content (AvgIpc) is 3.18. The SMILES string of the molecule is Cc1ccc2c(-c3ccc(C#N)cc3)c3ccccc3c(-c3ccc4c(c3)-c3ccccc3C4(C)C)c2c1. The number of hydrogen-bond donors (Lipinski definition) is 0. The van der Waals surface area contributed by atoms with Gasteiger partial charge in [-0.15, -0.1) is 0 Å². The Morgan fingerprint density at radius 1 is 0.553 bits per heavy atom. The zero-order valence-corrected chi connectivity index (χ0v) is 21.8. The van der Waals surface area contributed by atoms with Gasteiger partial charge in [0.2, 0.25) is 0 Å². The van der Waals surface area contributed by atoms with Crippen LogP contribution in [-0.4, -0.2) is 0 Å². The van der Waals surface area contributed by atoms with Gasteiger partial charge in [-0.2, -0.15) is 5.26 Å². The van der Waals surface area contributed by atoms with Crippen molar-refractivity contribution in [2.45, 2.75) is 26.2 Å². The van der Waals surface area contributed by atoms with Gasteiger partial charge in [0, 0.05) is 5.41 Å². The minimum absolute atomic E-state index is 0.00930. The van der Waals surface area contributed by atoms with Gasteiger partial charge in [-0.05, 0) is 91.2 Å². The van der Waals surface area contributed by atoms with E-state index < -0.39 is 0 Å². The third-order valence-corrected chi connectivity index (χ3v) is 8.35. The lowest BCUT2D eigenvalue weighted by Crippen LogP contribution is -2.14. The van der Waals surface area contributed by atoms with Crippen molar-refractivity contribution in [1.29, 1.82) is 5.26 Å². The first kappa shape index (κ1) is 22.5. The second-order valence-corrected chi connectivity index (χ2v) is 11.0. The summed E-state index contributed by atoms with van der Waals surface area (Å²) in [6, 6.07) is 41.7. The molecule has 0 aliphatic heterocycles. The van der Waals surface area contributed by atoms with Gasteiger partial charge in [-0.1, -0.05) is 110 Å². The third kappa shape index (κ3) is 3.17. The summed E-state index contributed by atoms with van der Waals surface area (Å²) < 4.78 is 0. The van der Waals surface area contributed by atoms with Crippen molar-refractivity contribution in [3.8, 4) is 39.4 Å². The second-order valence-electron chi connectivity index (χ2n) is 11.0. The van der Waals surface area contributed by atoms with Crippen molar-refractivity contribution in [2.24, 2.45) is 0 Å². The van der Waals surface area contributed by atoms with Gasteiger partial charge in [0.25, 0.3) is 0 Å². The van der Waals surface area contributed by atoms with E-state index in [-0.39, 0.29) is 5.41 Å². The number of benzene rings is 6. The van der Waals surface area contributed by atoms with E-state index in [4.69, 9.17) is 0 Å². The Hall–Kier alpha value is -4.67. The highest BCUT2D eigenvalue weighted by Crippen LogP contribution is 2.51. The quantitative estimate of drug-likeness (QED) is 0.224. The van der Waals surface area contributed by atoms with Crippen LogP contribution in [0.15, 0.2) is 109 Å². The highest BCUT2D eigenvalue weighted by molar-refractivity contribution is 6.21. The molecule has 38 heavy (non-hydrogen) atoms. The average molecular weight is 486 g/mol.